The predicted molar refractivity (Wildman–Crippen MR) is 97.9 cm³/mol. The minimum Gasteiger partial charge on any atom is -0.381 e. The Balaban J connectivity index is 1.39. The monoisotopic (exact) mass is 388 g/mol. The van der Waals surface area contributed by atoms with Gasteiger partial charge in [0.25, 0.3) is 11.4 Å². The molecule has 0 saturated carbocycles. The van der Waals surface area contributed by atoms with Gasteiger partial charge in [0, 0.05) is 23.3 Å². The summed E-state index contributed by atoms with van der Waals surface area (Å²) >= 11 is 1.53. The van der Waals surface area contributed by atoms with E-state index in [0.29, 0.717) is 47.8 Å². The van der Waals surface area contributed by atoms with Crippen molar-refractivity contribution < 1.29 is 14.0 Å². The lowest BCUT2D eigenvalue weighted by atomic mass is 9.87. The maximum atomic E-state index is 12.4. The minimum atomic E-state index is -0.169. The molecule has 9 heteroatoms. The van der Waals surface area contributed by atoms with Gasteiger partial charge in [-0.2, -0.15) is 4.98 Å². The number of H-pyrrole nitrogens is 1. The second-order valence-corrected chi connectivity index (χ2v) is 8.45. The summed E-state index contributed by atoms with van der Waals surface area (Å²) in [5, 5.41) is 4.74. The van der Waals surface area contributed by atoms with E-state index in [1.807, 2.05) is 13.8 Å². The molecule has 142 valence electrons. The Kier molecular flexibility index (Phi) is 4.10. The molecule has 0 aliphatic carbocycles. The number of aromatic nitrogens is 4. The first-order valence-electron chi connectivity index (χ1n) is 9.11. The van der Waals surface area contributed by atoms with E-state index < -0.39 is 0 Å². The second kappa shape index (κ2) is 6.50. The maximum Gasteiger partial charge on any atom is 0.259 e. The molecule has 2 saturated heterocycles. The summed E-state index contributed by atoms with van der Waals surface area (Å²) in [6.07, 6.45) is 1.09. The van der Waals surface area contributed by atoms with Gasteiger partial charge in [-0.1, -0.05) is 5.16 Å². The summed E-state index contributed by atoms with van der Waals surface area (Å²) < 4.78 is 16.9. The SMILES string of the molecule is Cc1sc2nc(Cc3noc(C4OCC5COCCC54)n3)[nH]c(=O)c2c1C. The van der Waals surface area contributed by atoms with Gasteiger partial charge in [0.15, 0.2) is 5.82 Å². The number of aryl methyl sites for hydroxylation is 2. The smallest absolute Gasteiger partial charge is 0.259 e. The van der Waals surface area contributed by atoms with Crippen molar-refractivity contribution in [1.82, 2.24) is 20.1 Å². The molecule has 5 heterocycles. The average Bonchev–Trinajstić information content (AvgIpc) is 3.33. The van der Waals surface area contributed by atoms with Crippen LogP contribution in [-0.2, 0) is 15.9 Å². The van der Waals surface area contributed by atoms with Crippen LogP contribution in [0, 0.1) is 25.7 Å². The molecule has 2 fully saturated rings. The molecule has 3 aromatic rings. The first-order chi connectivity index (χ1) is 13.1. The maximum absolute atomic E-state index is 12.4. The zero-order valence-corrected chi connectivity index (χ0v) is 16.0. The van der Waals surface area contributed by atoms with Crippen molar-refractivity contribution in [3.63, 3.8) is 0 Å². The van der Waals surface area contributed by atoms with Gasteiger partial charge in [0.1, 0.15) is 16.8 Å². The standard InChI is InChI=1S/C18H20N4O4S/c1-8-9(2)27-18-14(8)16(23)19-12(21-18)5-13-20-17(26-22-13)15-11-3-4-24-6-10(11)7-25-15/h10-11,15H,3-7H2,1-2H3,(H,19,21,23). The van der Waals surface area contributed by atoms with Crippen LogP contribution < -0.4 is 5.56 Å². The fraction of sp³-hybridized carbons (Fsp3) is 0.556. The van der Waals surface area contributed by atoms with Gasteiger partial charge < -0.3 is 19.0 Å². The third-order valence-corrected chi connectivity index (χ3v) is 6.65. The van der Waals surface area contributed by atoms with E-state index in [2.05, 4.69) is 20.1 Å². The number of nitrogens with zero attached hydrogens (tertiary/aromatic N) is 3. The Labute approximate surface area is 158 Å². The van der Waals surface area contributed by atoms with Crippen molar-refractivity contribution in [3.05, 3.63) is 38.3 Å². The van der Waals surface area contributed by atoms with Crippen LogP contribution in [0.3, 0.4) is 0 Å². The van der Waals surface area contributed by atoms with Crippen LogP contribution >= 0.6 is 11.3 Å². The quantitative estimate of drug-likeness (QED) is 0.734. The summed E-state index contributed by atoms with van der Waals surface area (Å²) in [5.74, 6) is 2.29. The highest BCUT2D eigenvalue weighted by molar-refractivity contribution is 7.18. The highest BCUT2D eigenvalue weighted by atomic mass is 32.1. The van der Waals surface area contributed by atoms with Crippen molar-refractivity contribution >= 4 is 21.6 Å². The lowest BCUT2D eigenvalue weighted by Crippen LogP contribution is -2.27. The number of hydrogen-bond donors (Lipinski definition) is 1. The Morgan fingerprint density at radius 1 is 1.26 bits per heavy atom. The van der Waals surface area contributed by atoms with Crippen LogP contribution in [0.15, 0.2) is 9.32 Å². The molecule has 2 aliphatic rings. The molecule has 0 amide bonds. The van der Waals surface area contributed by atoms with Crippen LogP contribution in [0.25, 0.3) is 10.2 Å². The van der Waals surface area contributed by atoms with Crippen LogP contribution in [-0.4, -0.2) is 39.9 Å². The molecule has 27 heavy (non-hydrogen) atoms. The van der Waals surface area contributed by atoms with Crippen LogP contribution in [0.1, 0.15) is 40.5 Å². The molecule has 3 aromatic heterocycles. The highest BCUT2D eigenvalue weighted by Crippen LogP contribution is 2.41. The van der Waals surface area contributed by atoms with Gasteiger partial charge in [0.2, 0.25) is 0 Å². The van der Waals surface area contributed by atoms with E-state index in [-0.39, 0.29) is 11.7 Å². The van der Waals surface area contributed by atoms with Crippen molar-refractivity contribution in [2.75, 3.05) is 19.8 Å². The molecular formula is C18H20N4O4S. The zero-order valence-electron chi connectivity index (χ0n) is 15.2. The molecule has 3 unspecified atom stereocenters. The Morgan fingerprint density at radius 2 is 2.15 bits per heavy atom. The molecule has 5 rings (SSSR count). The Morgan fingerprint density at radius 3 is 3.04 bits per heavy atom. The van der Waals surface area contributed by atoms with Crippen LogP contribution in [0.5, 0.6) is 0 Å². The van der Waals surface area contributed by atoms with Crippen LogP contribution in [0.4, 0.5) is 0 Å². The minimum absolute atomic E-state index is 0.121. The van der Waals surface area contributed by atoms with Gasteiger partial charge in [-0.05, 0) is 25.8 Å². The molecule has 8 nitrogen and oxygen atoms in total. The molecule has 2 aliphatic heterocycles. The van der Waals surface area contributed by atoms with Crippen molar-refractivity contribution in [2.24, 2.45) is 11.8 Å². The fourth-order valence-electron chi connectivity index (χ4n) is 3.98. The third-order valence-electron chi connectivity index (χ3n) is 5.55. The van der Waals surface area contributed by atoms with Crippen molar-refractivity contribution in [1.29, 1.82) is 0 Å². The third kappa shape index (κ3) is 2.90. The summed E-state index contributed by atoms with van der Waals surface area (Å²) in [6, 6.07) is 0. The fourth-order valence-corrected chi connectivity index (χ4v) is 5.03. The van der Waals surface area contributed by atoms with Gasteiger partial charge in [-0.3, -0.25) is 4.79 Å². The number of nitrogens with one attached hydrogen (secondary N) is 1. The number of hydrogen-bond acceptors (Lipinski definition) is 8. The molecule has 1 N–H and O–H groups in total. The van der Waals surface area contributed by atoms with Gasteiger partial charge in [-0.15, -0.1) is 11.3 Å². The Hall–Kier alpha value is -2.10. The normalized spacial score (nSPS) is 25.2. The predicted octanol–water partition coefficient (Wildman–Crippen LogP) is 2.30. The van der Waals surface area contributed by atoms with Crippen molar-refractivity contribution in [2.45, 2.75) is 32.8 Å². The van der Waals surface area contributed by atoms with E-state index in [4.69, 9.17) is 14.0 Å². The molecular weight excluding hydrogens is 368 g/mol. The second-order valence-electron chi connectivity index (χ2n) is 7.24. The summed E-state index contributed by atoms with van der Waals surface area (Å²) in [4.78, 5) is 26.2. The number of ether oxygens (including phenoxy) is 2. The number of rotatable bonds is 3. The largest absolute Gasteiger partial charge is 0.381 e. The summed E-state index contributed by atoms with van der Waals surface area (Å²) in [5.41, 5.74) is 0.867. The van der Waals surface area contributed by atoms with Gasteiger partial charge >= 0.3 is 0 Å². The lowest BCUT2D eigenvalue weighted by Gasteiger charge is -2.25. The molecule has 0 radical (unpaired) electrons. The lowest BCUT2D eigenvalue weighted by molar-refractivity contribution is 0.0217. The van der Waals surface area contributed by atoms with Gasteiger partial charge in [-0.25, -0.2) is 4.98 Å². The molecule has 3 atom stereocenters. The number of aromatic amines is 1. The summed E-state index contributed by atoms with van der Waals surface area (Å²) in [6.45, 7) is 6.08. The average molecular weight is 388 g/mol. The first kappa shape index (κ1) is 17.0. The molecule has 0 aromatic carbocycles. The van der Waals surface area contributed by atoms with E-state index >= 15 is 0 Å². The van der Waals surface area contributed by atoms with E-state index in [9.17, 15) is 4.79 Å². The Bertz CT molecular complexity index is 1060. The molecule has 0 spiro atoms. The van der Waals surface area contributed by atoms with E-state index in [1.165, 1.54) is 11.3 Å². The van der Waals surface area contributed by atoms with Crippen molar-refractivity contribution in [3.8, 4) is 0 Å². The topological polar surface area (TPSA) is 103 Å². The van der Waals surface area contributed by atoms with Gasteiger partial charge in [0.05, 0.1) is 25.0 Å². The number of fused-ring (bicyclic) bond motifs is 2. The van der Waals surface area contributed by atoms with Crippen LogP contribution in [0.2, 0.25) is 0 Å². The van der Waals surface area contributed by atoms with E-state index in [1.54, 1.807) is 0 Å². The summed E-state index contributed by atoms with van der Waals surface area (Å²) in [7, 11) is 0. The van der Waals surface area contributed by atoms with E-state index in [0.717, 1.165) is 34.9 Å². The number of thiophene rings is 1. The zero-order chi connectivity index (χ0) is 18.5. The molecule has 0 bridgehead atoms. The first-order valence-corrected chi connectivity index (χ1v) is 9.92. The highest BCUT2D eigenvalue weighted by Gasteiger charge is 2.42.